The first-order valence-electron chi connectivity index (χ1n) is 12.4. The Kier molecular flexibility index (Phi) is 10.1. The number of hydrogen-bond donors (Lipinski definition) is 0. The summed E-state index contributed by atoms with van der Waals surface area (Å²) in [5.74, 6) is 0.674. The van der Waals surface area contributed by atoms with E-state index in [2.05, 4.69) is 23.8 Å². The number of hydrogen-bond acceptors (Lipinski definition) is 4. The fraction of sp³-hybridized carbons (Fsp3) is 0.414. The van der Waals surface area contributed by atoms with E-state index in [4.69, 9.17) is 4.74 Å². The van der Waals surface area contributed by atoms with Gasteiger partial charge in [-0.25, -0.2) is 14.8 Å². The predicted molar refractivity (Wildman–Crippen MR) is 135 cm³/mol. The largest absolute Gasteiger partial charge is 0.422 e. The van der Waals surface area contributed by atoms with Crippen molar-refractivity contribution in [3.63, 3.8) is 0 Å². The third-order valence-corrected chi connectivity index (χ3v) is 5.86. The van der Waals surface area contributed by atoms with Gasteiger partial charge in [0.05, 0.1) is 11.1 Å². The average Bonchev–Trinajstić information content (AvgIpc) is 2.86. The van der Waals surface area contributed by atoms with Gasteiger partial charge in [0.2, 0.25) is 0 Å². The fourth-order valence-corrected chi connectivity index (χ4v) is 3.84. The van der Waals surface area contributed by atoms with Crippen molar-refractivity contribution < 1.29 is 9.53 Å². The molecular weight excluding hydrogens is 408 g/mol. The van der Waals surface area contributed by atoms with E-state index in [1.165, 1.54) is 50.5 Å². The van der Waals surface area contributed by atoms with Crippen molar-refractivity contribution in [2.75, 3.05) is 0 Å². The van der Waals surface area contributed by atoms with Crippen LogP contribution in [0.15, 0.2) is 60.9 Å². The lowest BCUT2D eigenvalue weighted by Crippen LogP contribution is -2.09. The Morgan fingerprint density at radius 2 is 1.33 bits per heavy atom. The van der Waals surface area contributed by atoms with Crippen molar-refractivity contribution in [2.45, 2.75) is 78.1 Å². The molecule has 0 saturated carbocycles. The van der Waals surface area contributed by atoms with Crippen molar-refractivity contribution in [1.29, 1.82) is 0 Å². The molecule has 0 amide bonds. The monoisotopic (exact) mass is 444 g/mol. The zero-order valence-corrected chi connectivity index (χ0v) is 20.1. The molecule has 0 radical (unpaired) electrons. The number of benzene rings is 2. The molecule has 3 rings (SSSR count). The van der Waals surface area contributed by atoms with Gasteiger partial charge in [-0.3, -0.25) is 0 Å². The van der Waals surface area contributed by atoms with Crippen LogP contribution < -0.4 is 4.74 Å². The van der Waals surface area contributed by atoms with Gasteiger partial charge >= 0.3 is 5.97 Å². The molecular formula is C29H36N2O2. The van der Waals surface area contributed by atoms with Gasteiger partial charge in [-0.05, 0) is 61.1 Å². The molecule has 0 aliphatic carbocycles. The molecule has 1 aromatic heterocycles. The summed E-state index contributed by atoms with van der Waals surface area (Å²) in [5, 5.41) is 0. The number of aryl methyl sites for hydroxylation is 2. The molecule has 0 aliphatic heterocycles. The summed E-state index contributed by atoms with van der Waals surface area (Å²) in [6, 6.07) is 15.2. The number of esters is 1. The number of aromatic nitrogens is 2. The standard InChI is InChI=1S/C29H36N2O2/c1-3-5-7-9-13-23-17-19-25(20-18-23)29(32)33-27-16-12-11-15-26(27)28-30-21-24(22-31-28)14-10-8-6-4-2/h11-12,15-22H,3-10,13-14H2,1-2H3. The molecule has 0 atom stereocenters. The average molecular weight is 445 g/mol. The minimum Gasteiger partial charge on any atom is -0.422 e. The van der Waals surface area contributed by atoms with Crippen molar-refractivity contribution in [3.8, 4) is 17.1 Å². The third kappa shape index (κ3) is 7.81. The predicted octanol–water partition coefficient (Wildman–Crippen LogP) is 7.61. The van der Waals surface area contributed by atoms with Crippen molar-refractivity contribution >= 4 is 5.97 Å². The van der Waals surface area contributed by atoms with Crippen LogP contribution in [0, 0.1) is 0 Å². The normalized spacial score (nSPS) is 10.8. The van der Waals surface area contributed by atoms with E-state index in [0.717, 1.165) is 30.4 Å². The first kappa shape index (κ1) is 24.6. The summed E-state index contributed by atoms with van der Waals surface area (Å²) < 4.78 is 5.74. The Bertz CT molecular complexity index is 981. The molecule has 3 aromatic rings. The Morgan fingerprint density at radius 3 is 1.97 bits per heavy atom. The topological polar surface area (TPSA) is 52.1 Å². The second kappa shape index (κ2) is 13.5. The summed E-state index contributed by atoms with van der Waals surface area (Å²) in [6.45, 7) is 4.43. The van der Waals surface area contributed by atoms with Crippen LogP contribution in [0.1, 0.15) is 86.7 Å². The number of ether oxygens (including phenoxy) is 1. The molecule has 174 valence electrons. The number of nitrogens with zero attached hydrogens (tertiary/aromatic N) is 2. The Morgan fingerprint density at radius 1 is 0.727 bits per heavy atom. The Balaban J connectivity index is 1.62. The molecule has 4 nitrogen and oxygen atoms in total. The summed E-state index contributed by atoms with van der Waals surface area (Å²) >= 11 is 0. The summed E-state index contributed by atoms with van der Waals surface area (Å²) in [5.41, 5.74) is 3.66. The van der Waals surface area contributed by atoms with E-state index < -0.39 is 0 Å². The second-order valence-electron chi connectivity index (χ2n) is 8.62. The van der Waals surface area contributed by atoms with Crippen LogP contribution in [0.3, 0.4) is 0 Å². The van der Waals surface area contributed by atoms with Crippen molar-refractivity contribution in [1.82, 2.24) is 9.97 Å². The SMILES string of the molecule is CCCCCCc1ccc(C(=O)Oc2ccccc2-c2ncc(CCCCCC)cn2)cc1. The van der Waals surface area contributed by atoms with Gasteiger partial charge in [-0.1, -0.05) is 76.6 Å². The van der Waals surface area contributed by atoms with Crippen LogP contribution in [0.4, 0.5) is 0 Å². The van der Waals surface area contributed by atoms with Crippen LogP contribution in [0.5, 0.6) is 5.75 Å². The second-order valence-corrected chi connectivity index (χ2v) is 8.62. The molecule has 0 N–H and O–H groups in total. The minimum atomic E-state index is -0.368. The lowest BCUT2D eigenvalue weighted by atomic mass is 10.0. The lowest BCUT2D eigenvalue weighted by molar-refractivity contribution is 0.0735. The maximum absolute atomic E-state index is 12.8. The highest BCUT2D eigenvalue weighted by molar-refractivity contribution is 5.92. The van der Waals surface area contributed by atoms with Crippen molar-refractivity contribution in [2.24, 2.45) is 0 Å². The summed E-state index contributed by atoms with van der Waals surface area (Å²) in [4.78, 5) is 21.8. The van der Waals surface area contributed by atoms with Gasteiger partial charge in [-0.2, -0.15) is 0 Å². The maximum atomic E-state index is 12.8. The zero-order chi connectivity index (χ0) is 23.3. The minimum absolute atomic E-state index is 0.368. The van der Waals surface area contributed by atoms with E-state index >= 15 is 0 Å². The number of rotatable bonds is 13. The molecule has 0 bridgehead atoms. The van der Waals surface area contributed by atoms with Gasteiger partial charge in [0.25, 0.3) is 0 Å². The summed E-state index contributed by atoms with van der Waals surface area (Å²) in [6.07, 6.45) is 15.6. The first-order chi connectivity index (χ1) is 16.2. The number of carbonyl (C=O) groups is 1. The van der Waals surface area contributed by atoms with Crippen molar-refractivity contribution in [3.05, 3.63) is 77.6 Å². The fourth-order valence-electron chi connectivity index (χ4n) is 3.84. The summed E-state index contributed by atoms with van der Waals surface area (Å²) in [7, 11) is 0. The van der Waals surface area contributed by atoms with Gasteiger partial charge in [-0.15, -0.1) is 0 Å². The van der Waals surface area contributed by atoms with Crippen LogP contribution in [-0.4, -0.2) is 15.9 Å². The van der Waals surface area contributed by atoms with Crippen LogP contribution in [-0.2, 0) is 12.8 Å². The highest BCUT2D eigenvalue weighted by atomic mass is 16.5. The number of unbranched alkanes of at least 4 members (excludes halogenated alkanes) is 6. The first-order valence-corrected chi connectivity index (χ1v) is 12.4. The van der Waals surface area contributed by atoms with E-state index in [1.807, 2.05) is 54.9 Å². The zero-order valence-electron chi connectivity index (χ0n) is 20.1. The molecule has 4 heteroatoms. The van der Waals surface area contributed by atoms with Crippen LogP contribution in [0.25, 0.3) is 11.4 Å². The number of para-hydroxylation sites is 1. The van der Waals surface area contributed by atoms with E-state index in [0.29, 0.717) is 17.1 Å². The Labute approximate surface area is 198 Å². The third-order valence-electron chi connectivity index (χ3n) is 5.86. The number of carbonyl (C=O) groups excluding carboxylic acids is 1. The molecule has 0 fully saturated rings. The Hall–Kier alpha value is -3.01. The molecule has 33 heavy (non-hydrogen) atoms. The van der Waals surface area contributed by atoms with Crippen LogP contribution in [0.2, 0.25) is 0 Å². The molecule has 0 saturated heterocycles. The highest BCUT2D eigenvalue weighted by Gasteiger charge is 2.14. The smallest absolute Gasteiger partial charge is 0.343 e. The van der Waals surface area contributed by atoms with Crippen LogP contribution >= 0.6 is 0 Å². The maximum Gasteiger partial charge on any atom is 0.343 e. The quantitative estimate of drug-likeness (QED) is 0.155. The molecule has 0 spiro atoms. The van der Waals surface area contributed by atoms with E-state index in [9.17, 15) is 4.79 Å². The van der Waals surface area contributed by atoms with Gasteiger partial charge < -0.3 is 4.74 Å². The highest BCUT2D eigenvalue weighted by Crippen LogP contribution is 2.28. The molecule has 0 unspecified atom stereocenters. The van der Waals surface area contributed by atoms with Gasteiger partial charge in [0.15, 0.2) is 5.82 Å². The molecule has 0 aliphatic rings. The van der Waals surface area contributed by atoms with Gasteiger partial charge in [0.1, 0.15) is 5.75 Å². The van der Waals surface area contributed by atoms with Gasteiger partial charge in [0, 0.05) is 12.4 Å². The molecule has 2 aromatic carbocycles. The lowest BCUT2D eigenvalue weighted by Gasteiger charge is -2.10. The molecule has 1 heterocycles. The van der Waals surface area contributed by atoms with E-state index in [1.54, 1.807) is 6.07 Å². The van der Waals surface area contributed by atoms with E-state index in [-0.39, 0.29) is 5.97 Å².